The number of carbonyl (C=O) groups excluding carboxylic acids is 1. The third-order valence-corrected chi connectivity index (χ3v) is 3.46. The van der Waals surface area contributed by atoms with Gasteiger partial charge in [0.1, 0.15) is 12.3 Å². The second kappa shape index (κ2) is 9.07. The first kappa shape index (κ1) is 18.0. The summed E-state index contributed by atoms with van der Waals surface area (Å²) in [7, 11) is 1.63. The van der Waals surface area contributed by atoms with Gasteiger partial charge in [0.15, 0.2) is 0 Å². The van der Waals surface area contributed by atoms with E-state index in [-0.39, 0.29) is 18.4 Å². The lowest BCUT2D eigenvalue weighted by Crippen LogP contribution is -2.37. The predicted octanol–water partition coefficient (Wildman–Crippen LogP) is 2.59. The first-order chi connectivity index (χ1) is 10.5. The zero-order chi connectivity index (χ0) is 16.5. The molecule has 0 aliphatic carbocycles. The Kier molecular flexibility index (Phi) is 7.43. The quantitative estimate of drug-likeness (QED) is 0.761. The van der Waals surface area contributed by atoms with Crippen molar-refractivity contribution in [1.82, 2.24) is 4.90 Å². The highest BCUT2D eigenvalue weighted by Crippen LogP contribution is 2.22. The third-order valence-electron chi connectivity index (χ3n) is 3.46. The van der Waals surface area contributed by atoms with Crippen molar-refractivity contribution < 1.29 is 19.4 Å². The first-order valence-electron chi connectivity index (χ1n) is 7.59. The Morgan fingerprint density at radius 1 is 1.32 bits per heavy atom. The van der Waals surface area contributed by atoms with Crippen LogP contribution in [0.1, 0.15) is 32.3 Å². The smallest absolute Gasteiger partial charge is 0.323 e. The maximum Gasteiger partial charge on any atom is 0.323 e. The van der Waals surface area contributed by atoms with E-state index in [0.29, 0.717) is 13.0 Å². The van der Waals surface area contributed by atoms with Crippen molar-refractivity contribution in [2.45, 2.75) is 33.1 Å². The van der Waals surface area contributed by atoms with Crippen molar-refractivity contribution >= 4 is 11.9 Å². The third kappa shape index (κ3) is 5.76. The SMILES string of the molecule is CCCN(CC(=O)O)C(=O)CC(C)Cc1ccccc1OC. The zero-order valence-corrected chi connectivity index (χ0v) is 13.5. The van der Waals surface area contributed by atoms with Gasteiger partial charge in [-0.3, -0.25) is 9.59 Å². The fourth-order valence-electron chi connectivity index (χ4n) is 2.47. The molecular formula is C17H25NO4. The molecule has 0 aliphatic heterocycles. The fourth-order valence-corrected chi connectivity index (χ4v) is 2.47. The Bertz CT molecular complexity index is 501. The lowest BCUT2D eigenvalue weighted by Gasteiger charge is -2.22. The summed E-state index contributed by atoms with van der Waals surface area (Å²) in [6, 6.07) is 7.74. The number of aliphatic carboxylic acids is 1. The molecule has 1 rings (SSSR count). The standard InChI is InChI=1S/C17H25NO4/c1-4-9-18(12-17(20)21)16(19)11-13(2)10-14-7-5-6-8-15(14)22-3/h5-8,13H,4,9-12H2,1-3H3,(H,20,21). The average Bonchev–Trinajstić information content (AvgIpc) is 2.46. The molecule has 0 aromatic heterocycles. The van der Waals surface area contributed by atoms with Crippen LogP contribution in [0.4, 0.5) is 0 Å². The Labute approximate surface area is 131 Å². The second-order valence-corrected chi connectivity index (χ2v) is 5.53. The minimum Gasteiger partial charge on any atom is -0.496 e. The molecule has 5 heteroatoms. The van der Waals surface area contributed by atoms with Gasteiger partial charge in [0, 0.05) is 13.0 Å². The van der Waals surface area contributed by atoms with Crippen molar-refractivity contribution in [3.8, 4) is 5.75 Å². The van der Waals surface area contributed by atoms with Gasteiger partial charge in [-0.25, -0.2) is 0 Å². The summed E-state index contributed by atoms with van der Waals surface area (Å²) in [5.74, 6) is -0.138. The number of hydrogen-bond acceptors (Lipinski definition) is 3. The van der Waals surface area contributed by atoms with Gasteiger partial charge >= 0.3 is 5.97 Å². The summed E-state index contributed by atoms with van der Waals surface area (Å²) in [5.41, 5.74) is 1.06. The largest absolute Gasteiger partial charge is 0.496 e. The lowest BCUT2D eigenvalue weighted by atomic mass is 9.97. The van der Waals surface area contributed by atoms with Crippen molar-refractivity contribution in [3.63, 3.8) is 0 Å². The summed E-state index contributed by atoms with van der Waals surface area (Å²) in [4.78, 5) is 24.5. The van der Waals surface area contributed by atoms with E-state index < -0.39 is 5.97 Å². The molecule has 0 bridgehead atoms. The number of methoxy groups -OCH3 is 1. The molecule has 1 amide bonds. The molecule has 0 spiro atoms. The molecule has 0 radical (unpaired) electrons. The van der Waals surface area contributed by atoms with Gasteiger partial charge in [-0.2, -0.15) is 0 Å². The molecule has 1 aromatic carbocycles. The van der Waals surface area contributed by atoms with Crippen LogP contribution in [0, 0.1) is 5.92 Å². The van der Waals surface area contributed by atoms with Crippen LogP contribution in [-0.4, -0.2) is 42.1 Å². The van der Waals surface area contributed by atoms with Gasteiger partial charge in [-0.15, -0.1) is 0 Å². The summed E-state index contributed by atoms with van der Waals surface area (Å²) in [5, 5.41) is 8.89. The van der Waals surface area contributed by atoms with Gasteiger partial charge in [0.05, 0.1) is 7.11 Å². The van der Waals surface area contributed by atoms with Gasteiger partial charge < -0.3 is 14.7 Å². The predicted molar refractivity (Wildman–Crippen MR) is 85.0 cm³/mol. The van der Waals surface area contributed by atoms with E-state index in [1.807, 2.05) is 38.1 Å². The molecule has 1 N–H and O–H groups in total. The normalized spacial score (nSPS) is 11.8. The number of ether oxygens (including phenoxy) is 1. The van der Waals surface area contributed by atoms with E-state index in [9.17, 15) is 9.59 Å². The van der Waals surface area contributed by atoms with E-state index in [4.69, 9.17) is 9.84 Å². The lowest BCUT2D eigenvalue weighted by molar-refractivity contribution is -0.144. The number of nitrogens with zero attached hydrogens (tertiary/aromatic N) is 1. The van der Waals surface area contributed by atoms with Crippen LogP contribution in [0.5, 0.6) is 5.75 Å². The van der Waals surface area contributed by atoms with Crippen molar-refractivity contribution in [2.24, 2.45) is 5.92 Å². The molecule has 0 saturated heterocycles. The zero-order valence-electron chi connectivity index (χ0n) is 13.5. The fraction of sp³-hybridized carbons (Fsp3) is 0.529. The van der Waals surface area contributed by atoms with Crippen molar-refractivity contribution in [3.05, 3.63) is 29.8 Å². The summed E-state index contributed by atoms with van der Waals surface area (Å²) in [6.07, 6.45) is 1.81. The van der Waals surface area contributed by atoms with E-state index in [2.05, 4.69) is 0 Å². The molecule has 0 saturated carbocycles. The molecule has 122 valence electrons. The molecule has 0 aliphatic rings. The summed E-state index contributed by atoms with van der Waals surface area (Å²) >= 11 is 0. The van der Waals surface area contributed by atoms with Crippen molar-refractivity contribution in [1.29, 1.82) is 0 Å². The number of para-hydroxylation sites is 1. The number of carbonyl (C=O) groups is 2. The van der Waals surface area contributed by atoms with E-state index >= 15 is 0 Å². The highest BCUT2D eigenvalue weighted by atomic mass is 16.5. The van der Waals surface area contributed by atoms with Crippen LogP contribution >= 0.6 is 0 Å². The van der Waals surface area contributed by atoms with Crippen LogP contribution < -0.4 is 4.74 Å². The van der Waals surface area contributed by atoms with E-state index in [0.717, 1.165) is 24.2 Å². The maximum absolute atomic E-state index is 12.3. The topological polar surface area (TPSA) is 66.8 Å². The van der Waals surface area contributed by atoms with Crippen molar-refractivity contribution in [2.75, 3.05) is 20.2 Å². The van der Waals surface area contributed by atoms with Crippen LogP contribution in [0.3, 0.4) is 0 Å². The minimum absolute atomic E-state index is 0.105. The van der Waals surface area contributed by atoms with Crippen LogP contribution in [0.25, 0.3) is 0 Å². The molecule has 0 heterocycles. The summed E-state index contributed by atoms with van der Waals surface area (Å²) in [6.45, 7) is 4.18. The molecule has 22 heavy (non-hydrogen) atoms. The van der Waals surface area contributed by atoms with Crippen LogP contribution in [0.2, 0.25) is 0 Å². The average molecular weight is 307 g/mol. The number of benzene rings is 1. The van der Waals surface area contributed by atoms with Crippen LogP contribution in [0.15, 0.2) is 24.3 Å². The second-order valence-electron chi connectivity index (χ2n) is 5.53. The van der Waals surface area contributed by atoms with E-state index in [1.54, 1.807) is 7.11 Å². The van der Waals surface area contributed by atoms with Crippen LogP contribution in [-0.2, 0) is 16.0 Å². The molecule has 1 aromatic rings. The molecule has 0 fully saturated rings. The van der Waals surface area contributed by atoms with Gasteiger partial charge in [-0.05, 0) is 30.4 Å². The van der Waals surface area contributed by atoms with Gasteiger partial charge in [-0.1, -0.05) is 32.0 Å². The monoisotopic (exact) mass is 307 g/mol. The molecule has 1 unspecified atom stereocenters. The Morgan fingerprint density at radius 2 is 2.00 bits per heavy atom. The first-order valence-corrected chi connectivity index (χ1v) is 7.59. The molecule has 1 atom stereocenters. The summed E-state index contributed by atoms with van der Waals surface area (Å²) < 4.78 is 5.32. The number of hydrogen-bond donors (Lipinski definition) is 1. The Morgan fingerprint density at radius 3 is 2.59 bits per heavy atom. The number of carboxylic acids is 1. The maximum atomic E-state index is 12.3. The highest BCUT2D eigenvalue weighted by molar-refractivity contribution is 5.81. The minimum atomic E-state index is -0.973. The Hall–Kier alpha value is -2.04. The van der Waals surface area contributed by atoms with Gasteiger partial charge in [0.25, 0.3) is 0 Å². The Balaban J connectivity index is 2.64. The number of amides is 1. The molecular weight excluding hydrogens is 282 g/mol. The van der Waals surface area contributed by atoms with Gasteiger partial charge in [0.2, 0.25) is 5.91 Å². The number of carboxylic acid groups (broad SMARTS) is 1. The van der Waals surface area contributed by atoms with E-state index in [1.165, 1.54) is 4.90 Å². The highest BCUT2D eigenvalue weighted by Gasteiger charge is 2.19. The number of rotatable bonds is 9. The molecule has 5 nitrogen and oxygen atoms in total.